The van der Waals surface area contributed by atoms with Gasteiger partial charge < -0.3 is 10.6 Å². The van der Waals surface area contributed by atoms with Crippen molar-refractivity contribution in [3.05, 3.63) is 0 Å². The standard InChI is InChI=1S/C9H21N3O/c1-4-11(2)8-9(13)12(3)7-5-6-10/h4-8,10H2,1-3H3. The van der Waals surface area contributed by atoms with Gasteiger partial charge in [0.2, 0.25) is 5.91 Å². The molecule has 4 heteroatoms. The molecule has 0 aliphatic carbocycles. The van der Waals surface area contributed by atoms with Crippen LogP contribution >= 0.6 is 0 Å². The molecule has 0 bridgehead atoms. The second kappa shape index (κ2) is 6.86. The molecule has 0 saturated carbocycles. The minimum Gasteiger partial charge on any atom is -0.345 e. The first-order valence-electron chi connectivity index (χ1n) is 4.74. The summed E-state index contributed by atoms with van der Waals surface area (Å²) in [5, 5.41) is 0. The normalized spacial score (nSPS) is 10.5. The van der Waals surface area contributed by atoms with Crippen molar-refractivity contribution in [2.45, 2.75) is 13.3 Å². The minimum atomic E-state index is 0.165. The Balaban J connectivity index is 3.68. The number of hydrogen-bond donors (Lipinski definition) is 1. The van der Waals surface area contributed by atoms with E-state index in [-0.39, 0.29) is 5.91 Å². The molecule has 1 amide bonds. The van der Waals surface area contributed by atoms with Gasteiger partial charge in [0, 0.05) is 13.6 Å². The quantitative estimate of drug-likeness (QED) is 0.623. The van der Waals surface area contributed by atoms with Gasteiger partial charge in [0.25, 0.3) is 0 Å². The fourth-order valence-electron chi connectivity index (χ4n) is 0.917. The Kier molecular flexibility index (Phi) is 6.54. The van der Waals surface area contributed by atoms with Crippen LogP contribution in [0.15, 0.2) is 0 Å². The van der Waals surface area contributed by atoms with Crippen molar-refractivity contribution in [3.8, 4) is 0 Å². The number of carbonyl (C=O) groups excluding carboxylic acids is 1. The third-order valence-electron chi connectivity index (χ3n) is 2.07. The van der Waals surface area contributed by atoms with Crippen LogP contribution in [0.5, 0.6) is 0 Å². The highest BCUT2D eigenvalue weighted by atomic mass is 16.2. The smallest absolute Gasteiger partial charge is 0.236 e. The van der Waals surface area contributed by atoms with E-state index in [4.69, 9.17) is 5.73 Å². The second-order valence-electron chi connectivity index (χ2n) is 3.29. The number of hydrogen-bond acceptors (Lipinski definition) is 3. The predicted molar refractivity (Wildman–Crippen MR) is 54.5 cm³/mol. The van der Waals surface area contributed by atoms with Gasteiger partial charge in [-0.2, -0.15) is 0 Å². The molecule has 13 heavy (non-hydrogen) atoms. The van der Waals surface area contributed by atoms with Crippen LogP contribution < -0.4 is 5.73 Å². The molecule has 0 aromatic rings. The van der Waals surface area contributed by atoms with Gasteiger partial charge in [-0.15, -0.1) is 0 Å². The van der Waals surface area contributed by atoms with E-state index in [1.54, 1.807) is 4.90 Å². The highest BCUT2D eigenvalue weighted by molar-refractivity contribution is 5.77. The summed E-state index contributed by atoms with van der Waals surface area (Å²) in [4.78, 5) is 15.2. The molecule has 0 rings (SSSR count). The van der Waals surface area contributed by atoms with Crippen molar-refractivity contribution in [1.82, 2.24) is 9.80 Å². The van der Waals surface area contributed by atoms with Gasteiger partial charge in [0.15, 0.2) is 0 Å². The first-order chi connectivity index (χ1) is 6.11. The lowest BCUT2D eigenvalue weighted by molar-refractivity contribution is -0.130. The maximum absolute atomic E-state index is 11.5. The van der Waals surface area contributed by atoms with E-state index in [1.807, 2.05) is 25.9 Å². The van der Waals surface area contributed by atoms with Gasteiger partial charge in [0.1, 0.15) is 0 Å². The number of rotatable bonds is 6. The fraction of sp³-hybridized carbons (Fsp3) is 0.889. The highest BCUT2D eigenvalue weighted by Gasteiger charge is 2.09. The lowest BCUT2D eigenvalue weighted by Crippen LogP contribution is -2.37. The summed E-state index contributed by atoms with van der Waals surface area (Å²) in [6.07, 6.45) is 0.873. The van der Waals surface area contributed by atoms with E-state index in [2.05, 4.69) is 0 Å². The summed E-state index contributed by atoms with van der Waals surface area (Å²) in [5.74, 6) is 0.165. The Morgan fingerprint density at radius 1 is 1.38 bits per heavy atom. The Morgan fingerprint density at radius 3 is 2.46 bits per heavy atom. The zero-order valence-corrected chi connectivity index (χ0v) is 8.92. The predicted octanol–water partition coefficient (Wildman–Crippen LogP) is -0.255. The van der Waals surface area contributed by atoms with Gasteiger partial charge in [-0.05, 0) is 26.6 Å². The van der Waals surface area contributed by atoms with E-state index >= 15 is 0 Å². The topological polar surface area (TPSA) is 49.6 Å². The molecule has 0 heterocycles. The van der Waals surface area contributed by atoms with Gasteiger partial charge in [0.05, 0.1) is 6.54 Å². The number of nitrogens with zero attached hydrogens (tertiary/aromatic N) is 2. The molecule has 0 aliphatic rings. The number of nitrogens with two attached hydrogens (primary N) is 1. The molecule has 2 N–H and O–H groups in total. The summed E-state index contributed by atoms with van der Waals surface area (Å²) in [5.41, 5.74) is 5.36. The Labute approximate surface area is 80.7 Å². The molecule has 0 fully saturated rings. The van der Waals surface area contributed by atoms with Crippen LogP contribution in [-0.2, 0) is 4.79 Å². The van der Waals surface area contributed by atoms with Crippen LogP contribution in [0.4, 0.5) is 0 Å². The average Bonchev–Trinajstić information content (AvgIpc) is 2.13. The van der Waals surface area contributed by atoms with Crippen molar-refractivity contribution in [3.63, 3.8) is 0 Å². The van der Waals surface area contributed by atoms with Crippen LogP contribution in [0.1, 0.15) is 13.3 Å². The summed E-state index contributed by atoms with van der Waals surface area (Å²) in [7, 11) is 3.76. The maximum atomic E-state index is 11.5. The Morgan fingerprint density at radius 2 is 2.00 bits per heavy atom. The third kappa shape index (κ3) is 5.60. The van der Waals surface area contributed by atoms with Crippen molar-refractivity contribution < 1.29 is 4.79 Å². The summed E-state index contributed by atoms with van der Waals surface area (Å²) >= 11 is 0. The molecule has 0 atom stereocenters. The van der Waals surface area contributed by atoms with Gasteiger partial charge in [-0.3, -0.25) is 9.69 Å². The van der Waals surface area contributed by atoms with Crippen molar-refractivity contribution >= 4 is 5.91 Å². The summed E-state index contributed by atoms with van der Waals surface area (Å²) in [6, 6.07) is 0. The van der Waals surface area contributed by atoms with Crippen LogP contribution in [0.2, 0.25) is 0 Å². The minimum absolute atomic E-state index is 0.165. The monoisotopic (exact) mass is 187 g/mol. The molecule has 0 aromatic heterocycles. The third-order valence-corrected chi connectivity index (χ3v) is 2.07. The molecular formula is C9H21N3O. The van der Waals surface area contributed by atoms with E-state index in [1.165, 1.54) is 0 Å². The van der Waals surface area contributed by atoms with E-state index in [0.717, 1.165) is 19.5 Å². The maximum Gasteiger partial charge on any atom is 0.236 e. The second-order valence-corrected chi connectivity index (χ2v) is 3.29. The van der Waals surface area contributed by atoms with Crippen LogP contribution in [-0.4, -0.2) is 56.0 Å². The molecule has 0 spiro atoms. The van der Waals surface area contributed by atoms with Crippen molar-refractivity contribution in [2.24, 2.45) is 5.73 Å². The molecule has 0 aliphatic heterocycles. The zero-order valence-electron chi connectivity index (χ0n) is 8.92. The summed E-state index contributed by atoms with van der Waals surface area (Å²) < 4.78 is 0. The SMILES string of the molecule is CCN(C)CC(=O)N(C)CCCN. The number of amides is 1. The van der Waals surface area contributed by atoms with Gasteiger partial charge in [-0.25, -0.2) is 0 Å². The number of likely N-dealkylation sites (N-methyl/N-ethyl adjacent to an activating group) is 2. The molecule has 4 nitrogen and oxygen atoms in total. The van der Waals surface area contributed by atoms with Gasteiger partial charge >= 0.3 is 0 Å². The Hall–Kier alpha value is -0.610. The Bertz CT molecular complexity index is 150. The van der Waals surface area contributed by atoms with E-state index in [9.17, 15) is 4.79 Å². The van der Waals surface area contributed by atoms with E-state index in [0.29, 0.717) is 13.1 Å². The van der Waals surface area contributed by atoms with Crippen LogP contribution in [0, 0.1) is 0 Å². The number of carbonyl (C=O) groups is 1. The molecule has 0 radical (unpaired) electrons. The van der Waals surface area contributed by atoms with Crippen LogP contribution in [0.3, 0.4) is 0 Å². The lowest BCUT2D eigenvalue weighted by Gasteiger charge is -2.20. The molecule has 0 unspecified atom stereocenters. The van der Waals surface area contributed by atoms with Crippen molar-refractivity contribution in [2.75, 3.05) is 40.3 Å². The largest absolute Gasteiger partial charge is 0.345 e. The lowest BCUT2D eigenvalue weighted by atomic mass is 10.4. The first-order valence-corrected chi connectivity index (χ1v) is 4.74. The van der Waals surface area contributed by atoms with E-state index < -0.39 is 0 Å². The molecule has 0 saturated heterocycles. The summed E-state index contributed by atoms with van der Waals surface area (Å²) in [6.45, 7) is 4.83. The zero-order chi connectivity index (χ0) is 10.3. The highest BCUT2D eigenvalue weighted by Crippen LogP contribution is 1.90. The van der Waals surface area contributed by atoms with Gasteiger partial charge in [-0.1, -0.05) is 6.92 Å². The fourth-order valence-corrected chi connectivity index (χ4v) is 0.917. The molecule has 0 aromatic carbocycles. The molecule has 78 valence electrons. The van der Waals surface area contributed by atoms with Crippen molar-refractivity contribution in [1.29, 1.82) is 0 Å². The van der Waals surface area contributed by atoms with Crippen LogP contribution in [0.25, 0.3) is 0 Å². The molecular weight excluding hydrogens is 166 g/mol. The first kappa shape index (κ1) is 12.4. The average molecular weight is 187 g/mol.